The van der Waals surface area contributed by atoms with Gasteiger partial charge in [-0.15, -0.1) is 0 Å². The molecular formula is C15H13NO3. The molecule has 0 aliphatic heterocycles. The predicted octanol–water partition coefficient (Wildman–Crippen LogP) is 2.49. The van der Waals surface area contributed by atoms with E-state index in [0.29, 0.717) is 5.56 Å². The highest BCUT2D eigenvalue weighted by molar-refractivity contribution is 5.91. The first-order valence-electron chi connectivity index (χ1n) is 5.85. The van der Waals surface area contributed by atoms with Crippen molar-refractivity contribution in [1.82, 2.24) is 4.98 Å². The van der Waals surface area contributed by atoms with Crippen molar-refractivity contribution in [3.05, 3.63) is 54.2 Å². The van der Waals surface area contributed by atoms with Crippen molar-refractivity contribution >= 4 is 11.8 Å². The second kappa shape index (κ2) is 5.91. The van der Waals surface area contributed by atoms with Gasteiger partial charge in [-0.3, -0.25) is 9.78 Å². The Morgan fingerprint density at radius 3 is 2.42 bits per heavy atom. The Bertz CT molecular complexity index is 576. The molecule has 0 fully saturated rings. The van der Waals surface area contributed by atoms with Gasteiger partial charge < -0.3 is 4.74 Å². The van der Waals surface area contributed by atoms with E-state index in [1.54, 1.807) is 30.5 Å². The number of Topliss-reactive ketones (excluding diaryl/α,β-unsaturated/α-hetero) is 1. The number of benzene rings is 1. The molecule has 4 heteroatoms. The SMILES string of the molecule is CC(=O)COC(=O)c1ccc(-c2ccccn2)cc1. The van der Waals surface area contributed by atoms with E-state index in [2.05, 4.69) is 4.98 Å². The minimum atomic E-state index is -0.497. The summed E-state index contributed by atoms with van der Waals surface area (Å²) in [6, 6.07) is 12.6. The first kappa shape index (κ1) is 13.0. The van der Waals surface area contributed by atoms with Gasteiger partial charge in [0.15, 0.2) is 5.78 Å². The van der Waals surface area contributed by atoms with Crippen molar-refractivity contribution in [1.29, 1.82) is 0 Å². The van der Waals surface area contributed by atoms with Crippen molar-refractivity contribution in [3.8, 4) is 11.3 Å². The maximum Gasteiger partial charge on any atom is 0.338 e. The molecule has 0 saturated carbocycles. The molecular weight excluding hydrogens is 242 g/mol. The lowest BCUT2D eigenvalue weighted by Crippen LogP contribution is -2.11. The van der Waals surface area contributed by atoms with E-state index in [0.717, 1.165) is 11.3 Å². The van der Waals surface area contributed by atoms with Crippen LogP contribution in [0.15, 0.2) is 48.7 Å². The molecule has 2 aromatic rings. The Kier molecular flexibility index (Phi) is 4.03. The van der Waals surface area contributed by atoms with Crippen molar-refractivity contribution in [3.63, 3.8) is 0 Å². The minimum Gasteiger partial charge on any atom is -0.454 e. The van der Waals surface area contributed by atoms with Crippen LogP contribution in [0.2, 0.25) is 0 Å². The molecule has 96 valence electrons. The number of carbonyl (C=O) groups is 2. The van der Waals surface area contributed by atoms with Gasteiger partial charge in [0, 0.05) is 11.8 Å². The second-order valence-corrected chi connectivity index (χ2v) is 4.07. The third kappa shape index (κ3) is 3.48. The fraction of sp³-hybridized carbons (Fsp3) is 0.133. The number of hydrogen-bond donors (Lipinski definition) is 0. The summed E-state index contributed by atoms with van der Waals surface area (Å²) >= 11 is 0. The third-order valence-electron chi connectivity index (χ3n) is 2.49. The molecule has 0 N–H and O–H groups in total. The van der Waals surface area contributed by atoms with Crippen LogP contribution in [0.25, 0.3) is 11.3 Å². The molecule has 0 amide bonds. The molecule has 0 aliphatic carbocycles. The number of hydrogen-bond acceptors (Lipinski definition) is 4. The highest BCUT2D eigenvalue weighted by Gasteiger charge is 2.08. The Labute approximate surface area is 111 Å². The molecule has 1 aromatic heterocycles. The van der Waals surface area contributed by atoms with E-state index in [1.165, 1.54) is 6.92 Å². The molecule has 0 radical (unpaired) electrons. The van der Waals surface area contributed by atoms with Crippen LogP contribution in [0, 0.1) is 0 Å². The highest BCUT2D eigenvalue weighted by Crippen LogP contribution is 2.17. The van der Waals surface area contributed by atoms with Crippen LogP contribution in [0.3, 0.4) is 0 Å². The average molecular weight is 255 g/mol. The molecule has 0 bridgehead atoms. The first-order valence-corrected chi connectivity index (χ1v) is 5.85. The lowest BCUT2D eigenvalue weighted by atomic mass is 10.1. The van der Waals surface area contributed by atoms with Crippen LogP contribution in [0.4, 0.5) is 0 Å². The number of ketones is 1. The van der Waals surface area contributed by atoms with E-state index in [-0.39, 0.29) is 12.4 Å². The maximum atomic E-state index is 11.6. The number of aromatic nitrogens is 1. The molecule has 1 aromatic carbocycles. The van der Waals surface area contributed by atoms with Crippen LogP contribution >= 0.6 is 0 Å². The predicted molar refractivity (Wildman–Crippen MR) is 70.6 cm³/mol. The minimum absolute atomic E-state index is 0.182. The van der Waals surface area contributed by atoms with Crippen LogP contribution in [0.5, 0.6) is 0 Å². The van der Waals surface area contributed by atoms with Crippen LogP contribution in [0.1, 0.15) is 17.3 Å². The first-order chi connectivity index (χ1) is 9.16. The molecule has 0 spiro atoms. The largest absolute Gasteiger partial charge is 0.454 e. The summed E-state index contributed by atoms with van der Waals surface area (Å²) < 4.78 is 4.83. The summed E-state index contributed by atoms with van der Waals surface area (Å²) in [5.41, 5.74) is 2.18. The van der Waals surface area contributed by atoms with Gasteiger partial charge in [0.1, 0.15) is 6.61 Å². The number of ether oxygens (including phenoxy) is 1. The summed E-state index contributed by atoms with van der Waals surface area (Å²) in [7, 11) is 0. The molecule has 2 rings (SSSR count). The van der Waals surface area contributed by atoms with Crippen molar-refractivity contribution in [2.45, 2.75) is 6.92 Å². The fourth-order valence-electron chi connectivity index (χ4n) is 1.56. The zero-order valence-electron chi connectivity index (χ0n) is 10.5. The van der Waals surface area contributed by atoms with Crippen molar-refractivity contribution in [2.75, 3.05) is 6.61 Å². The maximum absolute atomic E-state index is 11.6. The molecule has 1 heterocycles. The summed E-state index contributed by atoms with van der Waals surface area (Å²) in [5.74, 6) is -0.679. The number of esters is 1. The summed E-state index contributed by atoms with van der Waals surface area (Å²) in [6.07, 6.45) is 1.71. The number of rotatable bonds is 4. The van der Waals surface area contributed by atoms with Gasteiger partial charge in [-0.2, -0.15) is 0 Å². The van der Waals surface area contributed by atoms with Gasteiger partial charge in [-0.05, 0) is 31.2 Å². The topological polar surface area (TPSA) is 56.3 Å². The third-order valence-corrected chi connectivity index (χ3v) is 2.49. The molecule has 0 unspecified atom stereocenters. The van der Waals surface area contributed by atoms with Gasteiger partial charge in [0.2, 0.25) is 0 Å². The van der Waals surface area contributed by atoms with E-state index in [1.807, 2.05) is 18.2 Å². The molecule has 0 atom stereocenters. The zero-order valence-corrected chi connectivity index (χ0v) is 10.5. The summed E-state index contributed by atoms with van der Waals surface area (Å²) in [4.78, 5) is 26.6. The van der Waals surface area contributed by atoms with Crippen molar-refractivity contribution in [2.24, 2.45) is 0 Å². The van der Waals surface area contributed by atoms with Gasteiger partial charge in [-0.1, -0.05) is 18.2 Å². The monoisotopic (exact) mass is 255 g/mol. The Hall–Kier alpha value is -2.49. The number of nitrogens with zero attached hydrogens (tertiary/aromatic N) is 1. The molecule has 0 aliphatic rings. The summed E-state index contributed by atoms with van der Waals surface area (Å²) in [5, 5.41) is 0. The average Bonchev–Trinajstić information content (AvgIpc) is 2.46. The smallest absolute Gasteiger partial charge is 0.338 e. The summed E-state index contributed by atoms with van der Waals surface area (Å²) in [6.45, 7) is 1.18. The standard InChI is InChI=1S/C15H13NO3/c1-11(17)10-19-15(18)13-7-5-12(6-8-13)14-4-2-3-9-16-14/h2-9H,10H2,1H3. The molecule has 19 heavy (non-hydrogen) atoms. The zero-order chi connectivity index (χ0) is 13.7. The Morgan fingerprint density at radius 2 is 1.84 bits per heavy atom. The quantitative estimate of drug-likeness (QED) is 0.787. The van der Waals surface area contributed by atoms with E-state index in [4.69, 9.17) is 4.74 Å². The number of pyridine rings is 1. The van der Waals surface area contributed by atoms with Crippen LogP contribution in [-0.4, -0.2) is 23.3 Å². The number of carbonyl (C=O) groups excluding carboxylic acids is 2. The Balaban J connectivity index is 2.10. The second-order valence-electron chi connectivity index (χ2n) is 4.07. The molecule has 4 nitrogen and oxygen atoms in total. The van der Waals surface area contributed by atoms with Crippen LogP contribution in [-0.2, 0) is 9.53 Å². The lowest BCUT2D eigenvalue weighted by molar-refractivity contribution is -0.120. The van der Waals surface area contributed by atoms with E-state index < -0.39 is 5.97 Å². The normalized spacial score (nSPS) is 9.95. The molecule has 0 saturated heterocycles. The van der Waals surface area contributed by atoms with E-state index >= 15 is 0 Å². The van der Waals surface area contributed by atoms with Gasteiger partial charge in [0.25, 0.3) is 0 Å². The van der Waals surface area contributed by atoms with Gasteiger partial charge in [0.05, 0.1) is 11.3 Å². The van der Waals surface area contributed by atoms with Crippen molar-refractivity contribution < 1.29 is 14.3 Å². The van der Waals surface area contributed by atoms with Crippen LogP contribution < -0.4 is 0 Å². The van der Waals surface area contributed by atoms with E-state index in [9.17, 15) is 9.59 Å². The fourth-order valence-corrected chi connectivity index (χ4v) is 1.56. The Morgan fingerprint density at radius 1 is 1.11 bits per heavy atom. The van der Waals surface area contributed by atoms with Gasteiger partial charge >= 0.3 is 5.97 Å². The lowest BCUT2D eigenvalue weighted by Gasteiger charge is -2.04. The highest BCUT2D eigenvalue weighted by atomic mass is 16.5. The van der Waals surface area contributed by atoms with Gasteiger partial charge in [-0.25, -0.2) is 4.79 Å².